The summed E-state index contributed by atoms with van der Waals surface area (Å²) in [5.74, 6) is -0.147. The number of hydrogen-bond acceptors (Lipinski definition) is 7. The summed E-state index contributed by atoms with van der Waals surface area (Å²) in [4.78, 5) is 26.5. The van der Waals surface area contributed by atoms with Gasteiger partial charge < -0.3 is 10.1 Å². The molecule has 27 heavy (non-hydrogen) atoms. The Morgan fingerprint density at radius 2 is 2.19 bits per heavy atom. The summed E-state index contributed by atoms with van der Waals surface area (Å²) in [6, 6.07) is 6.85. The topological polar surface area (TPSA) is 92.8 Å². The maximum Gasteiger partial charge on any atom is 0.266 e. The molecule has 0 radical (unpaired) electrons. The Morgan fingerprint density at radius 3 is 2.85 bits per heavy atom. The molecule has 1 atom stereocenters. The number of methoxy groups -OCH3 is 1. The van der Waals surface area contributed by atoms with Crippen LogP contribution in [0.25, 0.3) is 6.08 Å². The van der Waals surface area contributed by atoms with E-state index in [0.29, 0.717) is 17.1 Å². The minimum atomic E-state index is -3.09. The van der Waals surface area contributed by atoms with E-state index in [1.54, 1.807) is 19.3 Å². The van der Waals surface area contributed by atoms with Crippen molar-refractivity contribution in [3.8, 4) is 5.75 Å². The first-order valence-electron chi connectivity index (χ1n) is 8.17. The van der Waals surface area contributed by atoms with Crippen LogP contribution in [0.5, 0.6) is 5.75 Å². The third-order valence-electron chi connectivity index (χ3n) is 4.20. The highest BCUT2D eigenvalue weighted by Crippen LogP contribution is 2.34. The minimum Gasteiger partial charge on any atom is -0.496 e. The lowest BCUT2D eigenvalue weighted by Gasteiger charge is -2.16. The van der Waals surface area contributed by atoms with Gasteiger partial charge in [0, 0.05) is 11.6 Å². The Bertz CT molecular complexity index is 926. The molecule has 3 rings (SSSR count). The van der Waals surface area contributed by atoms with Crippen LogP contribution in [0.4, 0.5) is 0 Å². The Balaban J connectivity index is 1.67. The average Bonchev–Trinajstić information content (AvgIpc) is 3.08. The van der Waals surface area contributed by atoms with Crippen molar-refractivity contribution in [2.45, 2.75) is 12.5 Å². The number of ether oxygens (including phenoxy) is 1. The van der Waals surface area contributed by atoms with Crippen molar-refractivity contribution in [3.05, 3.63) is 34.7 Å². The monoisotopic (exact) mass is 426 g/mol. The van der Waals surface area contributed by atoms with Gasteiger partial charge in [0.1, 0.15) is 16.6 Å². The van der Waals surface area contributed by atoms with Gasteiger partial charge in [-0.1, -0.05) is 42.2 Å². The summed E-state index contributed by atoms with van der Waals surface area (Å²) in [6.07, 6.45) is 2.07. The highest BCUT2D eigenvalue weighted by atomic mass is 32.2. The number of sulfone groups is 1. The Labute approximate surface area is 167 Å². The zero-order chi connectivity index (χ0) is 19.6. The zero-order valence-electron chi connectivity index (χ0n) is 14.5. The summed E-state index contributed by atoms with van der Waals surface area (Å²) in [7, 11) is -1.54. The van der Waals surface area contributed by atoms with Crippen molar-refractivity contribution in [1.29, 1.82) is 0 Å². The molecule has 10 heteroatoms. The lowest BCUT2D eigenvalue weighted by Crippen LogP contribution is -2.43. The number of thioether (sulfide) groups is 1. The molecule has 144 valence electrons. The molecule has 0 aliphatic carbocycles. The fourth-order valence-corrected chi connectivity index (χ4v) is 5.81. The maximum absolute atomic E-state index is 12.6. The van der Waals surface area contributed by atoms with Gasteiger partial charge in [0.2, 0.25) is 5.91 Å². The number of nitrogens with one attached hydrogen (secondary N) is 1. The molecule has 0 bridgehead atoms. The quantitative estimate of drug-likeness (QED) is 0.559. The molecule has 1 aromatic carbocycles. The number of hydrogen-bond donors (Lipinski definition) is 1. The molecule has 0 spiro atoms. The van der Waals surface area contributed by atoms with Gasteiger partial charge in [-0.2, -0.15) is 0 Å². The number of carbonyl (C=O) groups excluding carboxylic acids is 2. The van der Waals surface area contributed by atoms with Crippen LogP contribution in [-0.2, 0) is 19.4 Å². The van der Waals surface area contributed by atoms with Crippen molar-refractivity contribution < 1.29 is 22.7 Å². The normalized spacial score (nSPS) is 23.1. The number of thiocarbonyl (C=S) groups is 1. The van der Waals surface area contributed by atoms with E-state index in [0.717, 1.165) is 17.3 Å². The molecule has 2 aliphatic heterocycles. The molecule has 2 amide bonds. The molecule has 1 aromatic rings. The zero-order valence-corrected chi connectivity index (χ0v) is 17.0. The lowest BCUT2D eigenvalue weighted by atomic mass is 10.2. The van der Waals surface area contributed by atoms with Gasteiger partial charge in [-0.25, -0.2) is 8.42 Å². The van der Waals surface area contributed by atoms with Crippen LogP contribution < -0.4 is 10.1 Å². The maximum atomic E-state index is 12.6. The van der Waals surface area contributed by atoms with Gasteiger partial charge in [0.05, 0.1) is 23.5 Å². The molecule has 0 aromatic heterocycles. The second-order valence-corrected chi connectivity index (χ2v) is 10.1. The fraction of sp³-hybridized carbons (Fsp3) is 0.353. The molecule has 2 heterocycles. The second-order valence-electron chi connectivity index (χ2n) is 6.18. The van der Waals surface area contributed by atoms with Gasteiger partial charge >= 0.3 is 0 Å². The van der Waals surface area contributed by atoms with Gasteiger partial charge in [-0.3, -0.25) is 14.5 Å². The van der Waals surface area contributed by atoms with Crippen molar-refractivity contribution in [2.24, 2.45) is 0 Å². The van der Waals surface area contributed by atoms with Crippen LogP contribution in [0, 0.1) is 0 Å². The van der Waals surface area contributed by atoms with Gasteiger partial charge in [-0.05, 0) is 18.6 Å². The highest BCUT2D eigenvalue weighted by molar-refractivity contribution is 8.26. The minimum absolute atomic E-state index is 0.0646. The molecule has 0 saturated carbocycles. The number of para-hydroxylation sites is 1. The Kier molecular flexibility index (Phi) is 5.87. The van der Waals surface area contributed by atoms with E-state index in [-0.39, 0.29) is 28.3 Å². The molecule has 0 unspecified atom stereocenters. The van der Waals surface area contributed by atoms with Crippen molar-refractivity contribution in [3.63, 3.8) is 0 Å². The van der Waals surface area contributed by atoms with E-state index in [1.807, 2.05) is 18.2 Å². The van der Waals surface area contributed by atoms with E-state index in [9.17, 15) is 18.0 Å². The predicted octanol–water partition coefficient (Wildman–Crippen LogP) is 1.20. The van der Waals surface area contributed by atoms with E-state index >= 15 is 0 Å². The molecule has 7 nitrogen and oxygen atoms in total. The van der Waals surface area contributed by atoms with Crippen LogP contribution in [-0.4, -0.2) is 60.7 Å². The summed E-state index contributed by atoms with van der Waals surface area (Å²) in [5.41, 5.74) is 0.737. The largest absolute Gasteiger partial charge is 0.496 e. The fourth-order valence-electron chi connectivity index (χ4n) is 2.89. The summed E-state index contributed by atoms with van der Waals surface area (Å²) in [6.45, 7) is -0.232. The number of nitrogens with zero attached hydrogens (tertiary/aromatic N) is 1. The summed E-state index contributed by atoms with van der Waals surface area (Å²) >= 11 is 6.35. The number of benzene rings is 1. The van der Waals surface area contributed by atoms with E-state index in [4.69, 9.17) is 17.0 Å². The molecule has 2 aliphatic rings. The van der Waals surface area contributed by atoms with E-state index in [1.165, 1.54) is 4.90 Å². The molecule has 2 fully saturated rings. The van der Waals surface area contributed by atoms with Crippen LogP contribution in [0.15, 0.2) is 29.2 Å². The standard InChI is InChI=1S/C17H18N2O5S3/c1-24-13-5-3-2-4-11(13)8-14-16(21)19(17(25)26-14)9-15(20)18-12-6-7-27(22,23)10-12/h2-5,8,12H,6-7,9-10H2,1H3,(H,18,20)/b14-8-/t12-/m1/s1. The predicted molar refractivity (Wildman–Crippen MR) is 108 cm³/mol. The van der Waals surface area contributed by atoms with Gasteiger partial charge in [0.15, 0.2) is 9.84 Å². The Hall–Kier alpha value is -1.91. The third-order valence-corrected chi connectivity index (χ3v) is 7.34. The summed E-state index contributed by atoms with van der Waals surface area (Å²) in [5, 5.41) is 2.66. The highest BCUT2D eigenvalue weighted by Gasteiger charge is 2.35. The molecular formula is C17H18N2O5S3. The van der Waals surface area contributed by atoms with Gasteiger partial charge in [-0.15, -0.1) is 0 Å². The van der Waals surface area contributed by atoms with Crippen molar-refractivity contribution in [1.82, 2.24) is 10.2 Å². The number of rotatable bonds is 5. The smallest absolute Gasteiger partial charge is 0.266 e. The van der Waals surface area contributed by atoms with E-state index in [2.05, 4.69) is 5.32 Å². The number of amides is 2. The van der Waals surface area contributed by atoms with E-state index < -0.39 is 21.8 Å². The first-order chi connectivity index (χ1) is 12.8. The summed E-state index contributed by atoms with van der Waals surface area (Å²) < 4.78 is 28.5. The van der Waals surface area contributed by atoms with Crippen molar-refractivity contribution >= 4 is 56.0 Å². The SMILES string of the molecule is COc1ccccc1/C=C1\SC(=S)N(CC(=O)N[C@@H]2CCS(=O)(=O)C2)C1=O. The average molecular weight is 427 g/mol. The first-order valence-corrected chi connectivity index (χ1v) is 11.2. The van der Waals surface area contributed by atoms with Crippen LogP contribution in [0.3, 0.4) is 0 Å². The van der Waals surface area contributed by atoms with Crippen LogP contribution in [0.1, 0.15) is 12.0 Å². The van der Waals surface area contributed by atoms with Crippen LogP contribution >= 0.6 is 24.0 Å². The van der Waals surface area contributed by atoms with Crippen LogP contribution in [0.2, 0.25) is 0 Å². The molecule has 1 N–H and O–H groups in total. The van der Waals surface area contributed by atoms with Crippen molar-refractivity contribution in [2.75, 3.05) is 25.2 Å². The third kappa shape index (κ3) is 4.69. The number of carbonyl (C=O) groups is 2. The Morgan fingerprint density at radius 1 is 1.44 bits per heavy atom. The van der Waals surface area contributed by atoms with Gasteiger partial charge in [0.25, 0.3) is 5.91 Å². The second kappa shape index (κ2) is 7.99. The molecular weight excluding hydrogens is 408 g/mol. The molecule has 2 saturated heterocycles. The first kappa shape index (κ1) is 19.8. The lowest BCUT2D eigenvalue weighted by molar-refractivity contribution is -0.129.